The van der Waals surface area contributed by atoms with Gasteiger partial charge in [0.2, 0.25) is 0 Å². The van der Waals surface area contributed by atoms with E-state index < -0.39 is 0 Å². The smallest absolute Gasteiger partial charge is 0.168 e. The number of nitriles is 1. The van der Waals surface area contributed by atoms with Crippen LogP contribution in [-0.4, -0.2) is 18.2 Å². The number of hydrogen-bond donors (Lipinski definition) is 0. The zero-order valence-corrected chi connectivity index (χ0v) is 13.9. The van der Waals surface area contributed by atoms with Crippen molar-refractivity contribution in [2.45, 2.75) is 26.9 Å². The fourth-order valence-corrected chi connectivity index (χ4v) is 2.71. The lowest BCUT2D eigenvalue weighted by Crippen LogP contribution is -2.08. The molecular formula is C17H18N2O2S. The maximum Gasteiger partial charge on any atom is 0.168 e. The average molecular weight is 314 g/mol. The summed E-state index contributed by atoms with van der Waals surface area (Å²) in [4.78, 5) is 4.37. The lowest BCUT2D eigenvalue weighted by Gasteiger charge is -2.16. The van der Waals surface area contributed by atoms with Gasteiger partial charge in [0.05, 0.1) is 18.8 Å². The van der Waals surface area contributed by atoms with Crippen LogP contribution in [0.4, 0.5) is 0 Å². The number of nitrogens with zero attached hydrogens (tertiary/aromatic N) is 2. The van der Waals surface area contributed by atoms with Crippen molar-refractivity contribution in [3.63, 3.8) is 0 Å². The summed E-state index contributed by atoms with van der Waals surface area (Å²) in [5, 5.41) is 12.1. The number of aromatic nitrogens is 1. The van der Waals surface area contributed by atoms with E-state index in [9.17, 15) is 5.26 Å². The summed E-state index contributed by atoms with van der Waals surface area (Å²) in [6, 6.07) is 7.83. The van der Waals surface area contributed by atoms with Crippen molar-refractivity contribution in [2.24, 2.45) is 0 Å². The van der Waals surface area contributed by atoms with E-state index in [4.69, 9.17) is 9.47 Å². The number of ether oxygens (including phenoxy) is 2. The Bertz CT molecular complexity index is 727. The summed E-state index contributed by atoms with van der Waals surface area (Å²) in [7, 11) is 1.60. The van der Waals surface area contributed by atoms with Crippen LogP contribution < -0.4 is 9.47 Å². The lowest BCUT2D eigenvalue weighted by molar-refractivity contribution is 0.229. The molecule has 114 valence electrons. The van der Waals surface area contributed by atoms with Gasteiger partial charge in [-0.25, -0.2) is 4.98 Å². The minimum absolute atomic E-state index is 0.0103. The van der Waals surface area contributed by atoms with Crippen molar-refractivity contribution in [1.29, 1.82) is 5.26 Å². The quantitative estimate of drug-likeness (QED) is 0.772. The first-order valence-corrected chi connectivity index (χ1v) is 7.81. The van der Waals surface area contributed by atoms with E-state index in [2.05, 4.69) is 11.1 Å². The van der Waals surface area contributed by atoms with Gasteiger partial charge in [-0.1, -0.05) is 12.1 Å². The molecule has 0 aliphatic carbocycles. The Morgan fingerprint density at radius 1 is 1.41 bits per heavy atom. The zero-order chi connectivity index (χ0) is 16.1. The van der Waals surface area contributed by atoms with Crippen molar-refractivity contribution in [1.82, 2.24) is 4.98 Å². The summed E-state index contributed by atoms with van der Waals surface area (Å²) in [5.74, 6) is 1.29. The molecule has 0 aliphatic heterocycles. The van der Waals surface area contributed by atoms with Gasteiger partial charge in [0.1, 0.15) is 11.1 Å². The van der Waals surface area contributed by atoms with E-state index >= 15 is 0 Å². The van der Waals surface area contributed by atoms with Crippen molar-refractivity contribution in [3.8, 4) is 17.6 Å². The number of para-hydroxylation sites is 1. The van der Waals surface area contributed by atoms with Crippen LogP contribution in [0, 0.1) is 18.3 Å². The third-order valence-electron chi connectivity index (χ3n) is 2.85. The van der Waals surface area contributed by atoms with E-state index in [1.54, 1.807) is 13.2 Å². The van der Waals surface area contributed by atoms with Crippen LogP contribution in [0.2, 0.25) is 0 Å². The second-order valence-corrected chi connectivity index (χ2v) is 5.87. The predicted octanol–water partition coefficient (Wildman–Crippen LogP) is 4.31. The van der Waals surface area contributed by atoms with Gasteiger partial charge >= 0.3 is 0 Å². The molecule has 22 heavy (non-hydrogen) atoms. The maximum atomic E-state index is 9.43. The molecule has 2 rings (SSSR count). The first kappa shape index (κ1) is 16.1. The molecule has 0 amide bonds. The first-order chi connectivity index (χ1) is 10.5. The molecule has 2 aromatic rings. The predicted molar refractivity (Wildman–Crippen MR) is 89.1 cm³/mol. The lowest BCUT2D eigenvalue weighted by atomic mass is 10.1. The van der Waals surface area contributed by atoms with E-state index in [1.165, 1.54) is 11.3 Å². The van der Waals surface area contributed by atoms with E-state index in [-0.39, 0.29) is 6.10 Å². The Hall–Kier alpha value is -2.32. The maximum absolute atomic E-state index is 9.43. The van der Waals surface area contributed by atoms with E-state index in [0.717, 1.165) is 11.3 Å². The summed E-state index contributed by atoms with van der Waals surface area (Å²) < 4.78 is 11.2. The summed E-state index contributed by atoms with van der Waals surface area (Å²) in [5.41, 5.74) is 2.22. The minimum Gasteiger partial charge on any atom is -0.493 e. The molecular weight excluding hydrogens is 296 g/mol. The molecule has 1 heterocycles. The Morgan fingerprint density at radius 3 is 2.73 bits per heavy atom. The Morgan fingerprint density at radius 2 is 2.18 bits per heavy atom. The molecule has 1 aromatic carbocycles. The fraction of sp³-hybridized carbons (Fsp3) is 0.294. The molecule has 0 fully saturated rings. The number of rotatable bonds is 5. The van der Waals surface area contributed by atoms with Gasteiger partial charge in [0, 0.05) is 16.6 Å². The van der Waals surface area contributed by atoms with Gasteiger partial charge in [-0.15, -0.1) is 11.3 Å². The Kier molecular flexibility index (Phi) is 5.18. The normalized spacial score (nSPS) is 11.4. The highest BCUT2D eigenvalue weighted by Crippen LogP contribution is 2.34. The molecule has 0 N–H and O–H groups in total. The Labute approximate surface area is 134 Å². The van der Waals surface area contributed by atoms with Gasteiger partial charge in [-0.05, 0) is 32.9 Å². The Balaban J connectivity index is 2.51. The third-order valence-corrected chi connectivity index (χ3v) is 3.85. The van der Waals surface area contributed by atoms with Crippen LogP contribution in [0.1, 0.15) is 30.1 Å². The van der Waals surface area contributed by atoms with Crippen molar-refractivity contribution in [2.75, 3.05) is 7.11 Å². The molecule has 0 bridgehead atoms. The first-order valence-electron chi connectivity index (χ1n) is 6.93. The molecule has 0 unspecified atom stereocenters. The van der Waals surface area contributed by atoms with Gasteiger partial charge in [0.15, 0.2) is 11.5 Å². The van der Waals surface area contributed by atoms with Crippen LogP contribution in [-0.2, 0) is 0 Å². The highest BCUT2D eigenvalue weighted by molar-refractivity contribution is 7.11. The third kappa shape index (κ3) is 3.66. The van der Waals surface area contributed by atoms with Crippen LogP contribution in [0.3, 0.4) is 0 Å². The van der Waals surface area contributed by atoms with Crippen LogP contribution >= 0.6 is 11.3 Å². The molecule has 0 radical (unpaired) electrons. The molecule has 0 aliphatic rings. The van der Waals surface area contributed by atoms with Crippen molar-refractivity contribution in [3.05, 3.63) is 39.8 Å². The molecule has 0 spiro atoms. The molecule has 4 nitrogen and oxygen atoms in total. The minimum atomic E-state index is 0.0103. The standard InChI is InChI=1S/C17H18N2O2S/c1-11(2)21-16-13(6-5-7-15(16)20-4)8-14(9-18)17-19-12(3)10-22-17/h5-8,10-11H,1-4H3. The molecule has 1 aromatic heterocycles. The summed E-state index contributed by atoms with van der Waals surface area (Å²) in [6.45, 7) is 5.82. The number of allylic oxidation sites excluding steroid dienone is 1. The molecule has 0 saturated heterocycles. The van der Waals surface area contributed by atoms with Crippen LogP contribution in [0.15, 0.2) is 23.6 Å². The zero-order valence-electron chi connectivity index (χ0n) is 13.1. The van der Waals surface area contributed by atoms with Gasteiger partial charge < -0.3 is 9.47 Å². The van der Waals surface area contributed by atoms with E-state index in [1.807, 2.05) is 44.4 Å². The van der Waals surface area contributed by atoms with Gasteiger partial charge in [-0.2, -0.15) is 5.26 Å². The number of thiazole rings is 1. The van der Waals surface area contributed by atoms with Crippen LogP contribution in [0.5, 0.6) is 11.5 Å². The van der Waals surface area contributed by atoms with Crippen LogP contribution in [0.25, 0.3) is 11.6 Å². The fourth-order valence-electron chi connectivity index (χ4n) is 1.94. The molecule has 5 heteroatoms. The average Bonchev–Trinajstić information content (AvgIpc) is 2.91. The second-order valence-electron chi connectivity index (χ2n) is 5.01. The molecule has 0 atom stereocenters. The van der Waals surface area contributed by atoms with Gasteiger partial charge in [-0.3, -0.25) is 0 Å². The number of aryl methyl sites for hydroxylation is 1. The SMILES string of the molecule is COc1cccc(C=C(C#N)c2nc(C)cs2)c1OC(C)C. The number of methoxy groups -OCH3 is 1. The number of benzene rings is 1. The number of hydrogen-bond acceptors (Lipinski definition) is 5. The second kappa shape index (κ2) is 7.10. The highest BCUT2D eigenvalue weighted by atomic mass is 32.1. The summed E-state index contributed by atoms with van der Waals surface area (Å²) >= 11 is 1.46. The largest absolute Gasteiger partial charge is 0.493 e. The topological polar surface area (TPSA) is 55.1 Å². The monoisotopic (exact) mass is 314 g/mol. The van der Waals surface area contributed by atoms with Gasteiger partial charge in [0.25, 0.3) is 0 Å². The molecule has 0 saturated carbocycles. The van der Waals surface area contributed by atoms with E-state index in [0.29, 0.717) is 22.1 Å². The van der Waals surface area contributed by atoms with Crippen molar-refractivity contribution >= 4 is 23.0 Å². The summed E-state index contributed by atoms with van der Waals surface area (Å²) in [6.07, 6.45) is 1.80. The highest BCUT2D eigenvalue weighted by Gasteiger charge is 2.13. The van der Waals surface area contributed by atoms with Crippen molar-refractivity contribution < 1.29 is 9.47 Å².